The summed E-state index contributed by atoms with van der Waals surface area (Å²) in [5, 5.41) is 15.1. The Labute approximate surface area is 185 Å². The van der Waals surface area contributed by atoms with E-state index in [0.717, 1.165) is 43.0 Å². The van der Waals surface area contributed by atoms with Crippen molar-refractivity contribution in [2.24, 2.45) is 0 Å². The third kappa shape index (κ3) is 6.96. The van der Waals surface area contributed by atoms with Gasteiger partial charge in [0.25, 0.3) is 5.91 Å². The minimum atomic E-state index is -0.412. The molecular formula is C22H31ClN5O2-. The molecule has 0 saturated carbocycles. The van der Waals surface area contributed by atoms with Crippen LogP contribution in [0.3, 0.4) is 0 Å². The van der Waals surface area contributed by atoms with Crippen molar-refractivity contribution in [3.05, 3.63) is 35.5 Å². The second kappa shape index (κ2) is 12.8. The summed E-state index contributed by atoms with van der Waals surface area (Å²) in [7, 11) is 0. The van der Waals surface area contributed by atoms with Crippen LogP contribution in [-0.4, -0.2) is 49.4 Å². The van der Waals surface area contributed by atoms with Crippen LogP contribution in [0.15, 0.2) is 30.0 Å². The number of nitrogens with zero attached hydrogens (tertiary/aromatic N) is 3. The lowest BCUT2D eigenvalue weighted by Gasteiger charge is -2.22. The van der Waals surface area contributed by atoms with E-state index in [2.05, 4.69) is 35.4 Å². The molecule has 7 nitrogen and oxygen atoms in total. The first-order valence-corrected chi connectivity index (χ1v) is 10.3. The Morgan fingerprint density at radius 1 is 1.33 bits per heavy atom. The van der Waals surface area contributed by atoms with Crippen LogP contribution < -0.4 is 27.9 Å². The summed E-state index contributed by atoms with van der Waals surface area (Å²) in [6.07, 6.45) is 3.65. The number of nitriles is 1. The molecule has 0 aromatic heterocycles. The fourth-order valence-electron chi connectivity index (χ4n) is 3.40. The van der Waals surface area contributed by atoms with Gasteiger partial charge in [0.1, 0.15) is 11.6 Å². The second-order valence-corrected chi connectivity index (χ2v) is 7.08. The fourth-order valence-corrected chi connectivity index (χ4v) is 3.40. The summed E-state index contributed by atoms with van der Waals surface area (Å²) >= 11 is 0. The van der Waals surface area contributed by atoms with Gasteiger partial charge in [-0.2, -0.15) is 5.26 Å². The van der Waals surface area contributed by atoms with Gasteiger partial charge in [-0.1, -0.05) is 0 Å². The Kier molecular flexibility index (Phi) is 10.8. The number of hydrogen-bond acceptors (Lipinski definition) is 5. The summed E-state index contributed by atoms with van der Waals surface area (Å²) in [5.41, 5.74) is 3.07. The van der Waals surface area contributed by atoms with Crippen LogP contribution in [0.4, 0.5) is 11.4 Å². The molecule has 1 aromatic carbocycles. The standard InChI is InChI=1S/C22H31N5O2.ClH/c1-4-26(5-2)19-9-10-20(17(3)14-19)25-16-18(15-23)22(29)24-11-7-13-27-12-6-8-21(27)28;/h9-10,14,16,25H,4-8,11-13H2,1-3H3,(H,24,29);1H/p-1/b18-16-;. The number of benzene rings is 1. The average molecular weight is 433 g/mol. The highest BCUT2D eigenvalue weighted by Crippen LogP contribution is 2.22. The molecule has 1 aromatic rings. The number of carbonyl (C=O) groups is 2. The van der Waals surface area contributed by atoms with E-state index in [1.807, 2.05) is 30.0 Å². The maximum atomic E-state index is 12.2. The number of hydrogen-bond donors (Lipinski definition) is 2. The van der Waals surface area contributed by atoms with Crippen molar-refractivity contribution in [1.82, 2.24) is 10.2 Å². The quantitative estimate of drug-likeness (QED) is 0.303. The topological polar surface area (TPSA) is 88.5 Å². The van der Waals surface area contributed by atoms with E-state index in [9.17, 15) is 14.9 Å². The zero-order valence-corrected chi connectivity index (χ0v) is 18.8. The molecule has 30 heavy (non-hydrogen) atoms. The summed E-state index contributed by atoms with van der Waals surface area (Å²) in [6.45, 7) is 9.98. The van der Waals surface area contributed by atoms with E-state index in [1.165, 1.54) is 6.20 Å². The van der Waals surface area contributed by atoms with E-state index in [4.69, 9.17) is 0 Å². The SMILES string of the molecule is CCN(CC)c1ccc(N/C=C(/C#N)C(=O)NCCCN2CCCC2=O)c(C)c1.[Cl-]. The molecule has 0 bridgehead atoms. The van der Waals surface area contributed by atoms with E-state index in [-0.39, 0.29) is 23.9 Å². The van der Waals surface area contributed by atoms with Crippen molar-refractivity contribution in [2.45, 2.75) is 40.0 Å². The van der Waals surface area contributed by atoms with E-state index >= 15 is 0 Å². The number of aryl methyl sites for hydroxylation is 1. The van der Waals surface area contributed by atoms with Crippen molar-refractivity contribution in [1.29, 1.82) is 5.26 Å². The molecule has 1 heterocycles. The number of nitrogens with one attached hydrogen (secondary N) is 2. The van der Waals surface area contributed by atoms with Crippen molar-refractivity contribution in [3.63, 3.8) is 0 Å². The smallest absolute Gasteiger partial charge is 0.263 e. The fraction of sp³-hybridized carbons (Fsp3) is 0.500. The number of likely N-dealkylation sites (tertiary alicyclic amines) is 1. The van der Waals surface area contributed by atoms with E-state index in [0.29, 0.717) is 25.9 Å². The molecule has 0 radical (unpaired) electrons. The summed E-state index contributed by atoms with van der Waals surface area (Å²) in [5.74, 6) is -0.231. The summed E-state index contributed by atoms with van der Waals surface area (Å²) in [4.78, 5) is 27.9. The molecule has 1 saturated heterocycles. The normalized spacial score (nSPS) is 13.5. The maximum absolute atomic E-state index is 12.2. The van der Waals surface area contributed by atoms with Gasteiger partial charge >= 0.3 is 0 Å². The molecule has 164 valence electrons. The van der Waals surface area contributed by atoms with Gasteiger partial charge in [0.2, 0.25) is 5.91 Å². The zero-order valence-electron chi connectivity index (χ0n) is 18.0. The van der Waals surface area contributed by atoms with Crippen LogP contribution in [0.1, 0.15) is 38.7 Å². The lowest BCUT2D eigenvalue weighted by atomic mass is 10.1. The second-order valence-electron chi connectivity index (χ2n) is 7.08. The molecule has 1 fully saturated rings. The van der Waals surface area contributed by atoms with Crippen LogP contribution in [-0.2, 0) is 9.59 Å². The maximum Gasteiger partial charge on any atom is 0.263 e. The molecule has 8 heteroatoms. The first kappa shape index (κ1) is 25.3. The van der Waals surface area contributed by atoms with Crippen molar-refractivity contribution >= 4 is 23.2 Å². The predicted molar refractivity (Wildman–Crippen MR) is 115 cm³/mol. The lowest BCUT2D eigenvalue weighted by molar-refractivity contribution is -0.127. The zero-order chi connectivity index (χ0) is 21.2. The van der Waals surface area contributed by atoms with Crippen LogP contribution in [0.2, 0.25) is 0 Å². The minimum Gasteiger partial charge on any atom is -1.00 e. The van der Waals surface area contributed by atoms with E-state index < -0.39 is 5.91 Å². The average Bonchev–Trinajstić information content (AvgIpc) is 3.12. The van der Waals surface area contributed by atoms with Crippen molar-refractivity contribution in [3.8, 4) is 6.07 Å². The highest BCUT2D eigenvalue weighted by atomic mass is 35.5. The molecule has 2 amide bonds. The highest BCUT2D eigenvalue weighted by Gasteiger charge is 2.19. The Balaban J connectivity index is 0.00000450. The van der Waals surface area contributed by atoms with Gasteiger partial charge in [-0.3, -0.25) is 9.59 Å². The molecule has 1 aliphatic rings. The van der Waals surface area contributed by atoms with Gasteiger partial charge < -0.3 is 32.8 Å². The third-order valence-corrected chi connectivity index (χ3v) is 5.14. The summed E-state index contributed by atoms with van der Waals surface area (Å²) in [6, 6.07) is 8.02. The Bertz CT molecular complexity index is 799. The number of halogens is 1. The number of carbonyl (C=O) groups excluding carboxylic acids is 2. The van der Waals surface area contributed by atoms with Gasteiger partial charge in [-0.25, -0.2) is 0 Å². The molecule has 0 unspecified atom stereocenters. The number of amides is 2. The highest BCUT2D eigenvalue weighted by molar-refractivity contribution is 5.97. The van der Waals surface area contributed by atoms with Gasteiger partial charge in [-0.15, -0.1) is 0 Å². The van der Waals surface area contributed by atoms with Crippen LogP contribution in [0, 0.1) is 18.3 Å². The predicted octanol–water partition coefficient (Wildman–Crippen LogP) is -0.207. The Hall–Kier alpha value is -2.72. The largest absolute Gasteiger partial charge is 1.00 e. The van der Waals surface area contributed by atoms with E-state index in [1.54, 1.807) is 0 Å². The van der Waals surface area contributed by atoms with Crippen molar-refractivity contribution < 1.29 is 22.0 Å². The minimum absolute atomic E-state index is 0. The van der Waals surface area contributed by atoms with Gasteiger partial charge in [0.15, 0.2) is 0 Å². The first-order chi connectivity index (χ1) is 14.0. The Morgan fingerprint density at radius 3 is 2.63 bits per heavy atom. The van der Waals surface area contributed by atoms with Gasteiger partial charge in [0.05, 0.1) is 0 Å². The molecule has 0 atom stereocenters. The number of anilines is 2. The van der Waals surface area contributed by atoms with Gasteiger partial charge in [0, 0.05) is 56.7 Å². The number of rotatable bonds is 10. The first-order valence-electron chi connectivity index (χ1n) is 10.3. The van der Waals surface area contributed by atoms with Crippen LogP contribution in [0.25, 0.3) is 0 Å². The Morgan fingerprint density at radius 2 is 2.07 bits per heavy atom. The molecule has 2 rings (SSSR count). The van der Waals surface area contributed by atoms with Crippen LogP contribution in [0.5, 0.6) is 0 Å². The summed E-state index contributed by atoms with van der Waals surface area (Å²) < 4.78 is 0. The molecular weight excluding hydrogens is 402 g/mol. The van der Waals surface area contributed by atoms with Gasteiger partial charge in [-0.05, 0) is 57.4 Å². The van der Waals surface area contributed by atoms with Crippen LogP contribution >= 0.6 is 0 Å². The molecule has 1 aliphatic heterocycles. The third-order valence-electron chi connectivity index (χ3n) is 5.14. The lowest BCUT2D eigenvalue weighted by Crippen LogP contribution is -3.00. The monoisotopic (exact) mass is 432 g/mol. The molecule has 0 aliphatic carbocycles. The van der Waals surface area contributed by atoms with Crippen molar-refractivity contribution in [2.75, 3.05) is 42.9 Å². The molecule has 2 N–H and O–H groups in total. The molecule has 0 spiro atoms.